The van der Waals surface area contributed by atoms with E-state index in [1.165, 1.54) is 83.5 Å². The lowest BCUT2D eigenvalue weighted by molar-refractivity contribution is -0.887. The number of unbranched alkanes of at least 4 members (excludes halogenated alkanes) is 15. The zero-order valence-electron chi connectivity index (χ0n) is 29.0. The van der Waals surface area contributed by atoms with E-state index in [0.717, 1.165) is 19.3 Å². The van der Waals surface area contributed by atoms with Crippen molar-refractivity contribution in [2.24, 2.45) is 10.8 Å². The highest BCUT2D eigenvalue weighted by Gasteiger charge is 2.43. The highest BCUT2D eigenvalue weighted by molar-refractivity contribution is 7.45. The molecule has 2 unspecified atom stereocenters. The topological polar surface area (TPSA) is 111 Å². The van der Waals surface area contributed by atoms with Gasteiger partial charge < -0.3 is 18.9 Å². The second-order valence-corrected chi connectivity index (χ2v) is 15.5. The summed E-state index contributed by atoms with van der Waals surface area (Å²) in [6.07, 6.45) is 21.2. The first-order chi connectivity index (χ1) is 20.1. The first kappa shape index (κ1) is 42.0. The van der Waals surface area contributed by atoms with Crippen LogP contribution >= 0.6 is 7.82 Å². The average molecular weight is 636 g/mol. The lowest BCUT2D eigenvalue weighted by Gasteiger charge is -2.34. The summed E-state index contributed by atoms with van der Waals surface area (Å²) in [6.45, 7) is 8.77. The van der Waals surface area contributed by atoms with Crippen molar-refractivity contribution < 1.29 is 42.1 Å². The Hall–Kier alpha value is -0.990. The Morgan fingerprint density at radius 1 is 0.674 bits per heavy atom. The highest BCUT2D eigenvalue weighted by atomic mass is 31.2. The molecule has 0 spiro atoms. The minimum atomic E-state index is -4.62. The molecule has 43 heavy (non-hydrogen) atoms. The molecule has 0 saturated heterocycles. The van der Waals surface area contributed by atoms with Crippen molar-refractivity contribution in [2.45, 2.75) is 150 Å². The molecule has 0 fully saturated rings. The van der Waals surface area contributed by atoms with Crippen molar-refractivity contribution in [3.63, 3.8) is 0 Å². The molecule has 256 valence electrons. The van der Waals surface area contributed by atoms with E-state index < -0.39 is 31.4 Å². The smallest absolute Gasteiger partial charge is 0.313 e. The van der Waals surface area contributed by atoms with E-state index in [-0.39, 0.29) is 23.6 Å². The van der Waals surface area contributed by atoms with Crippen LogP contribution in [-0.2, 0) is 32.7 Å². The SMILES string of the molecule is CCCCCCCCCCCCCCCCCCOC(=O)C(C)(C)CC(C)(CC)C(=O)OCOP(=O)([O-])OC[N+](C)(C)C. The van der Waals surface area contributed by atoms with Gasteiger partial charge in [0.2, 0.25) is 0 Å². The zero-order valence-corrected chi connectivity index (χ0v) is 29.9. The van der Waals surface area contributed by atoms with E-state index in [4.69, 9.17) is 14.0 Å². The van der Waals surface area contributed by atoms with Gasteiger partial charge in [-0.2, -0.15) is 0 Å². The van der Waals surface area contributed by atoms with Gasteiger partial charge in [-0.25, -0.2) is 0 Å². The lowest BCUT2D eigenvalue weighted by Crippen LogP contribution is -2.39. The van der Waals surface area contributed by atoms with Crippen LogP contribution in [0.4, 0.5) is 0 Å². The number of carbonyl (C=O) groups is 2. The Morgan fingerprint density at radius 2 is 1.12 bits per heavy atom. The molecule has 0 saturated carbocycles. The second-order valence-electron chi connectivity index (χ2n) is 14.1. The van der Waals surface area contributed by atoms with Gasteiger partial charge in [-0.1, -0.05) is 110 Å². The molecule has 0 aromatic carbocycles. The number of rotatable bonds is 28. The number of hydrogen-bond acceptors (Lipinski definition) is 8. The number of hydrogen-bond donors (Lipinski definition) is 0. The maximum Gasteiger partial charge on any atom is 0.313 e. The number of phosphoric acid groups is 1. The third-order valence-corrected chi connectivity index (χ3v) is 8.75. The van der Waals surface area contributed by atoms with Crippen LogP contribution in [0.3, 0.4) is 0 Å². The molecule has 0 aliphatic carbocycles. The summed E-state index contributed by atoms with van der Waals surface area (Å²) in [4.78, 5) is 37.6. The summed E-state index contributed by atoms with van der Waals surface area (Å²) in [5, 5.41) is 0. The number of phosphoric ester groups is 1. The van der Waals surface area contributed by atoms with Gasteiger partial charge in [0.1, 0.15) is 0 Å². The molecular formula is C33H66NO8P. The van der Waals surface area contributed by atoms with Gasteiger partial charge in [-0.05, 0) is 40.0 Å². The molecule has 0 bridgehead atoms. The average Bonchev–Trinajstić information content (AvgIpc) is 2.92. The fourth-order valence-corrected chi connectivity index (χ4v) is 5.74. The van der Waals surface area contributed by atoms with Crippen LogP contribution in [-0.4, -0.2) is 57.7 Å². The van der Waals surface area contributed by atoms with Crippen LogP contribution < -0.4 is 4.89 Å². The zero-order chi connectivity index (χ0) is 32.8. The van der Waals surface area contributed by atoms with Crippen LogP contribution in [0.15, 0.2) is 0 Å². The van der Waals surface area contributed by atoms with E-state index in [9.17, 15) is 19.0 Å². The van der Waals surface area contributed by atoms with Crippen molar-refractivity contribution in [3.05, 3.63) is 0 Å². The molecule has 0 heterocycles. The van der Waals surface area contributed by atoms with Gasteiger partial charge in [0, 0.05) is 0 Å². The number of quaternary nitrogens is 1. The minimum Gasteiger partial charge on any atom is -0.756 e. The molecule has 2 atom stereocenters. The van der Waals surface area contributed by atoms with E-state index in [1.807, 2.05) is 6.92 Å². The summed E-state index contributed by atoms with van der Waals surface area (Å²) in [6, 6.07) is 0. The Labute approximate surface area is 264 Å². The third-order valence-electron chi connectivity index (χ3n) is 7.89. The van der Waals surface area contributed by atoms with Crippen molar-refractivity contribution in [3.8, 4) is 0 Å². The fraction of sp³-hybridized carbons (Fsp3) is 0.939. The van der Waals surface area contributed by atoms with Gasteiger partial charge in [0.05, 0.1) is 38.6 Å². The lowest BCUT2D eigenvalue weighted by atomic mass is 9.72. The normalized spacial score (nSPS) is 15.1. The van der Waals surface area contributed by atoms with Crippen molar-refractivity contribution in [1.29, 1.82) is 0 Å². The second kappa shape index (κ2) is 22.5. The summed E-state index contributed by atoms with van der Waals surface area (Å²) in [5.74, 6) is -0.991. The van der Waals surface area contributed by atoms with E-state index >= 15 is 0 Å². The molecule has 0 aromatic heterocycles. The first-order valence-electron chi connectivity index (χ1n) is 16.8. The number of carbonyl (C=O) groups excluding carboxylic acids is 2. The fourth-order valence-electron chi connectivity index (χ4n) is 5.00. The number of nitrogens with zero attached hydrogens (tertiary/aromatic N) is 1. The Kier molecular flexibility index (Phi) is 22.0. The molecular weight excluding hydrogens is 569 g/mol. The van der Waals surface area contributed by atoms with Crippen LogP contribution in [0.2, 0.25) is 0 Å². The predicted molar refractivity (Wildman–Crippen MR) is 171 cm³/mol. The van der Waals surface area contributed by atoms with Gasteiger partial charge >= 0.3 is 11.9 Å². The molecule has 0 amide bonds. The Morgan fingerprint density at radius 3 is 1.53 bits per heavy atom. The Balaban J connectivity index is 4.13. The summed E-state index contributed by atoms with van der Waals surface area (Å²) >= 11 is 0. The van der Waals surface area contributed by atoms with Crippen molar-refractivity contribution in [2.75, 3.05) is 41.3 Å². The molecule has 10 heteroatoms. The largest absolute Gasteiger partial charge is 0.756 e. The third kappa shape index (κ3) is 22.2. The predicted octanol–water partition coefficient (Wildman–Crippen LogP) is 8.29. The quantitative estimate of drug-likeness (QED) is 0.0278. The molecule has 9 nitrogen and oxygen atoms in total. The monoisotopic (exact) mass is 635 g/mol. The van der Waals surface area contributed by atoms with E-state index in [1.54, 1.807) is 41.9 Å². The molecule has 0 aromatic rings. The summed E-state index contributed by atoms with van der Waals surface area (Å²) in [7, 11) is 0.676. The molecule has 0 rings (SSSR count). The maximum absolute atomic E-state index is 12.8. The van der Waals surface area contributed by atoms with Crippen LogP contribution in [0.25, 0.3) is 0 Å². The highest BCUT2D eigenvalue weighted by Crippen LogP contribution is 2.41. The maximum atomic E-state index is 12.8. The summed E-state index contributed by atoms with van der Waals surface area (Å²) in [5.41, 5.74) is -1.93. The van der Waals surface area contributed by atoms with E-state index in [2.05, 4.69) is 11.4 Å². The number of esters is 2. The van der Waals surface area contributed by atoms with Crippen molar-refractivity contribution >= 4 is 19.8 Å². The van der Waals surface area contributed by atoms with Gasteiger partial charge in [0.15, 0.2) is 13.5 Å². The van der Waals surface area contributed by atoms with Gasteiger partial charge in [-0.15, -0.1) is 0 Å². The molecule has 0 radical (unpaired) electrons. The molecule has 0 N–H and O–H groups in total. The first-order valence-corrected chi connectivity index (χ1v) is 18.3. The molecule has 0 aliphatic heterocycles. The van der Waals surface area contributed by atoms with Gasteiger partial charge in [0.25, 0.3) is 7.82 Å². The molecule has 0 aliphatic rings. The van der Waals surface area contributed by atoms with Crippen LogP contribution in [0.5, 0.6) is 0 Å². The Bertz CT molecular complexity index is 798. The van der Waals surface area contributed by atoms with Crippen LogP contribution in [0.1, 0.15) is 150 Å². The van der Waals surface area contributed by atoms with E-state index in [0.29, 0.717) is 13.0 Å². The van der Waals surface area contributed by atoms with Crippen LogP contribution in [0, 0.1) is 10.8 Å². The van der Waals surface area contributed by atoms with Gasteiger partial charge in [-0.3, -0.25) is 23.2 Å². The minimum absolute atomic E-state index is 0.114. The standard InChI is InChI=1S/C33H66NO8P/c1-9-11-12-13-14-15-16-17-18-19-20-21-22-23-24-25-26-39-30(35)32(3,4)27-33(5,10-2)31(36)40-29-42-43(37,38)41-28-34(6,7)8/h9-29H2,1-8H3. The summed E-state index contributed by atoms with van der Waals surface area (Å²) < 4.78 is 32.3. The number of ether oxygens (including phenoxy) is 2. The van der Waals surface area contributed by atoms with Crippen molar-refractivity contribution in [1.82, 2.24) is 0 Å².